The lowest BCUT2D eigenvalue weighted by Crippen LogP contribution is -2.35. The summed E-state index contributed by atoms with van der Waals surface area (Å²) in [4.78, 5) is 67.0. The van der Waals surface area contributed by atoms with Crippen molar-refractivity contribution in [2.24, 2.45) is 4.99 Å². The zero-order chi connectivity index (χ0) is 39.3. The minimum atomic E-state index is -1.02. The fourth-order valence-electron chi connectivity index (χ4n) is 3.30. The number of carboxylic acids is 1. The number of rotatable bonds is 3. The highest BCUT2D eigenvalue weighted by molar-refractivity contribution is 8.13. The molecule has 0 aliphatic rings. The number of hydrogen-bond donors (Lipinski definition) is 6. The average molecular weight is 766 g/mol. The van der Waals surface area contributed by atoms with Gasteiger partial charge in [-0.25, -0.2) is 29.0 Å². The number of methoxy groups -OCH3 is 1. The number of amides is 3. The molecule has 0 spiro atoms. The molecule has 0 bridgehead atoms. The van der Waals surface area contributed by atoms with Gasteiger partial charge in [0.25, 0.3) is 0 Å². The van der Waals surface area contributed by atoms with Crippen LogP contribution in [-0.4, -0.2) is 80.6 Å². The molecule has 0 fully saturated rings. The van der Waals surface area contributed by atoms with Gasteiger partial charge in [-0.1, -0.05) is 26.6 Å². The van der Waals surface area contributed by atoms with Gasteiger partial charge in [-0.3, -0.25) is 10.6 Å². The number of carbonyl (C=O) groups excluding carboxylic acids is 4. The first kappa shape index (κ1) is 49.6. The van der Waals surface area contributed by atoms with E-state index in [0.717, 1.165) is 11.8 Å². The minimum absolute atomic E-state index is 0. The lowest BCUT2D eigenvalue weighted by atomic mass is 10.2. The first-order valence-electron chi connectivity index (χ1n) is 15.1. The largest absolute Gasteiger partial charge is 0.478 e. The second-order valence-corrected chi connectivity index (χ2v) is 14.1. The minimum Gasteiger partial charge on any atom is -0.478 e. The van der Waals surface area contributed by atoms with Gasteiger partial charge in [0.05, 0.1) is 40.6 Å². The summed E-state index contributed by atoms with van der Waals surface area (Å²) >= 11 is 1.12. The quantitative estimate of drug-likeness (QED) is 0.0491. The van der Waals surface area contributed by atoms with Crippen molar-refractivity contribution in [1.82, 2.24) is 15.3 Å². The molecule has 53 heavy (non-hydrogen) atoms. The molecule has 18 heteroatoms. The second kappa shape index (κ2) is 21.1. The van der Waals surface area contributed by atoms with Gasteiger partial charge in [0, 0.05) is 0 Å². The Labute approximate surface area is 315 Å². The number of ether oxygens (including phenoxy) is 4. The maximum absolute atomic E-state index is 11.6. The van der Waals surface area contributed by atoms with Crippen LogP contribution in [0, 0.1) is 0 Å². The number of aromatic nitrogens is 2. The third kappa shape index (κ3) is 20.2. The number of nitrogen functional groups attached to an aromatic ring is 2. The van der Waals surface area contributed by atoms with Gasteiger partial charge >= 0.3 is 30.2 Å². The molecular formula is C35H55N7O10S. The van der Waals surface area contributed by atoms with Crippen LogP contribution in [0.2, 0.25) is 0 Å². The van der Waals surface area contributed by atoms with Gasteiger partial charge in [-0.15, -0.1) is 0 Å². The van der Waals surface area contributed by atoms with Crippen LogP contribution in [0.1, 0.15) is 97.9 Å². The number of nitrogens with zero attached hydrogens (tertiary/aromatic N) is 2. The van der Waals surface area contributed by atoms with Gasteiger partial charge in [0.2, 0.25) is 5.95 Å². The number of amidine groups is 1. The number of benzene rings is 2. The monoisotopic (exact) mass is 765 g/mol. The number of fused-ring (bicyclic) bond motifs is 1. The maximum atomic E-state index is 11.6. The zero-order valence-corrected chi connectivity index (χ0v) is 31.4. The number of nitrogens with two attached hydrogens (primary N) is 2. The van der Waals surface area contributed by atoms with Crippen molar-refractivity contribution in [2.45, 2.75) is 94.0 Å². The molecule has 3 rings (SSSR count). The van der Waals surface area contributed by atoms with Crippen LogP contribution in [0.15, 0.2) is 41.4 Å². The van der Waals surface area contributed by atoms with E-state index in [9.17, 15) is 24.0 Å². The number of H-pyrrole nitrogens is 1. The lowest BCUT2D eigenvalue weighted by molar-refractivity contribution is 0.0558. The number of carboxylic acid groups (broad SMARTS) is 1. The highest BCUT2D eigenvalue weighted by Crippen LogP contribution is 2.18. The molecule has 0 saturated heterocycles. The highest BCUT2D eigenvalue weighted by Gasteiger charge is 2.20. The van der Waals surface area contributed by atoms with Gasteiger partial charge < -0.3 is 40.5 Å². The van der Waals surface area contributed by atoms with Crippen LogP contribution in [-0.2, 0) is 18.9 Å². The Morgan fingerprint density at radius 2 is 1.32 bits per heavy atom. The number of aromatic carboxylic acids is 1. The van der Waals surface area contributed by atoms with E-state index >= 15 is 0 Å². The highest BCUT2D eigenvalue weighted by atomic mass is 32.2. The van der Waals surface area contributed by atoms with Crippen LogP contribution < -0.4 is 22.1 Å². The van der Waals surface area contributed by atoms with Crippen molar-refractivity contribution >= 4 is 75.5 Å². The summed E-state index contributed by atoms with van der Waals surface area (Å²) < 4.78 is 19.7. The Morgan fingerprint density at radius 1 is 0.792 bits per heavy atom. The SMILES string of the molecule is C.C.CC(C)(C)OC(=O)Nc1nc2ccc(C(=O)O)cc2[nH]1.COC(=O)c1ccc(N)c(N)c1.CSC(=NC(=O)OC(C)(C)C)NC(=O)OC(C)(C)C. The summed E-state index contributed by atoms with van der Waals surface area (Å²) in [6.45, 7) is 15.7. The number of imidazole rings is 1. The molecule has 3 aromatic rings. The molecule has 0 saturated carbocycles. The molecule has 2 aromatic carbocycles. The van der Waals surface area contributed by atoms with Crippen LogP contribution in [0.4, 0.5) is 31.7 Å². The fourth-order valence-corrected chi connectivity index (χ4v) is 3.66. The smallest absolute Gasteiger partial charge is 0.436 e. The van der Waals surface area contributed by atoms with E-state index in [0.29, 0.717) is 28.0 Å². The molecular weight excluding hydrogens is 710 g/mol. The van der Waals surface area contributed by atoms with E-state index in [4.69, 9.17) is 30.8 Å². The Kier molecular flexibility index (Phi) is 19.8. The molecule has 8 N–H and O–H groups in total. The maximum Gasteiger partial charge on any atom is 0.436 e. The Morgan fingerprint density at radius 3 is 1.79 bits per heavy atom. The van der Waals surface area contributed by atoms with E-state index in [-0.39, 0.29) is 31.5 Å². The van der Waals surface area contributed by atoms with Gasteiger partial charge in [-0.05, 0) is 105 Å². The molecule has 296 valence electrons. The standard InChI is InChI=1S/C13H15N3O4.C12H22N2O4S.C8H10N2O2.2CH4/c1-13(2,3)20-12(19)16-11-14-8-5-4-7(10(17)18)6-9(8)15-11;1-11(2,3)17-9(15)13-8(19-7)14-10(16)18-12(4,5)6;1-12-8(11)5-2-3-6(9)7(10)4-5;;/h4-6H,1-3H3,(H,17,18)(H2,14,15,16,19);1-7H3,(H,13,14,15,16);2-4H,9-10H2,1H3;2*1H4. The van der Waals surface area contributed by atoms with E-state index in [1.807, 2.05) is 0 Å². The third-order valence-electron chi connectivity index (χ3n) is 5.24. The first-order valence-corrected chi connectivity index (χ1v) is 16.4. The fraction of sp³-hybridized carbons (Fsp3) is 0.457. The number of anilines is 3. The number of thioether (sulfide) groups is 1. The Bertz CT molecular complexity index is 1740. The van der Waals surface area contributed by atoms with Crippen molar-refractivity contribution in [2.75, 3.05) is 30.1 Å². The van der Waals surface area contributed by atoms with Crippen LogP contribution in [0.25, 0.3) is 11.0 Å². The normalized spacial score (nSPS) is 11.0. The van der Waals surface area contributed by atoms with Gasteiger partial charge in [-0.2, -0.15) is 4.99 Å². The number of alkyl carbamates (subject to hydrolysis) is 1. The summed E-state index contributed by atoms with van der Waals surface area (Å²) in [6, 6.07) is 9.09. The summed E-state index contributed by atoms with van der Waals surface area (Å²) in [5.41, 5.74) is 11.6. The molecule has 0 aliphatic heterocycles. The van der Waals surface area contributed by atoms with Gasteiger partial charge in [0.15, 0.2) is 5.17 Å². The number of carbonyl (C=O) groups is 5. The molecule has 17 nitrogen and oxygen atoms in total. The van der Waals surface area contributed by atoms with E-state index in [2.05, 4.69) is 30.3 Å². The zero-order valence-electron chi connectivity index (χ0n) is 30.5. The first-order chi connectivity index (χ1) is 23.3. The van der Waals surface area contributed by atoms with E-state index < -0.39 is 47.0 Å². The Hall–Kier alpha value is -5.52. The average Bonchev–Trinajstić information content (AvgIpc) is 3.36. The van der Waals surface area contributed by atoms with Crippen molar-refractivity contribution in [1.29, 1.82) is 0 Å². The number of aliphatic imine (C=N–C) groups is 1. The van der Waals surface area contributed by atoms with Crippen LogP contribution in [0.3, 0.4) is 0 Å². The van der Waals surface area contributed by atoms with Crippen molar-refractivity contribution in [3.8, 4) is 0 Å². The lowest BCUT2D eigenvalue weighted by Gasteiger charge is -2.20. The summed E-state index contributed by atoms with van der Waals surface area (Å²) in [7, 11) is 1.31. The molecule has 0 unspecified atom stereocenters. The van der Waals surface area contributed by atoms with Crippen LogP contribution >= 0.6 is 11.8 Å². The van der Waals surface area contributed by atoms with Crippen molar-refractivity contribution < 1.29 is 48.0 Å². The van der Waals surface area contributed by atoms with Crippen molar-refractivity contribution in [3.63, 3.8) is 0 Å². The number of hydrogen-bond acceptors (Lipinski definition) is 13. The summed E-state index contributed by atoms with van der Waals surface area (Å²) in [5.74, 6) is -1.23. The van der Waals surface area contributed by atoms with E-state index in [1.165, 1.54) is 25.3 Å². The second-order valence-electron chi connectivity index (χ2n) is 13.3. The number of nitrogens with one attached hydrogen (secondary N) is 3. The molecule has 1 aromatic heterocycles. The summed E-state index contributed by atoms with van der Waals surface area (Å²) in [5, 5.41) is 13.9. The molecule has 1 heterocycles. The summed E-state index contributed by atoms with van der Waals surface area (Å²) in [6.07, 6.45) is -0.368. The molecule has 0 radical (unpaired) electrons. The van der Waals surface area contributed by atoms with Crippen molar-refractivity contribution in [3.05, 3.63) is 47.5 Å². The number of aromatic amines is 1. The van der Waals surface area contributed by atoms with E-state index in [1.54, 1.807) is 86.8 Å². The molecule has 3 amide bonds. The predicted octanol–water partition coefficient (Wildman–Crippen LogP) is 7.68. The topological polar surface area (TPSA) is 260 Å². The predicted molar refractivity (Wildman–Crippen MR) is 210 cm³/mol. The van der Waals surface area contributed by atoms with Crippen LogP contribution in [0.5, 0.6) is 0 Å². The number of esters is 1. The molecule has 0 atom stereocenters. The molecule has 0 aliphatic carbocycles. The van der Waals surface area contributed by atoms with Gasteiger partial charge in [0.1, 0.15) is 16.8 Å². The Balaban J connectivity index is 0. The third-order valence-corrected chi connectivity index (χ3v) is 5.82.